The molecular formula is C14H26N2O. The SMILES string of the molecule is CC(C)(C)C1=CCN(CC2(N)CCOC2)CC1. The third-order valence-electron chi connectivity index (χ3n) is 3.93. The number of rotatable bonds is 2. The molecule has 1 fully saturated rings. The van der Waals surface area contributed by atoms with Crippen molar-refractivity contribution in [1.82, 2.24) is 4.90 Å². The van der Waals surface area contributed by atoms with Crippen LogP contribution in [0, 0.1) is 5.41 Å². The van der Waals surface area contributed by atoms with Crippen molar-refractivity contribution in [1.29, 1.82) is 0 Å². The fourth-order valence-corrected chi connectivity index (χ4v) is 2.73. The second-order valence-corrected chi connectivity index (χ2v) is 6.63. The lowest BCUT2D eigenvalue weighted by molar-refractivity contribution is 0.154. The topological polar surface area (TPSA) is 38.5 Å². The first-order valence-electron chi connectivity index (χ1n) is 6.68. The van der Waals surface area contributed by atoms with E-state index < -0.39 is 0 Å². The van der Waals surface area contributed by atoms with Crippen molar-refractivity contribution in [3.8, 4) is 0 Å². The standard InChI is InChI=1S/C14H26N2O/c1-13(2,3)12-4-7-16(8-5-12)10-14(15)6-9-17-11-14/h4H,5-11,15H2,1-3H3. The summed E-state index contributed by atoms with van der Waals surface area (Å²) in [6.45, 7) is 11.6. The lowest BCUT2D eigenvalue weighted by Crippen LogP contribution is -2.51. The van der Waals surface area contributed by atoms with E-state index >= 15 is 0 Å². The zero-order valence-electron chi connectivity index (χ0n) is 11.5. The van der Waals surface area contributed by atoms with Gasteiger partial charge in [-0.05, 0) is 18.3 Å². The highest BCUT2D eigenvalue weighted by Gasteiger charge is 2.33. The number of ether oxygens (including phenoxy) is 1. The van der Waals surface area contributed by atoms with Crippen LogP contribution in [0.15, 0.2) is 11.6 Å². The van der Waals surface area contributed by atoms with Crippen LogP contribution in [0.1, 0.15) is 33.6 Å². The van der Waals surface area contributed by atoms with Crippen molar-refractivity contribution in [2.24, 2.45) is 11.1 Å². The lowest BCUT2D eigenvalue weighted by Gasteiger charge is -2.36. The monoisotopic (exact) mass is 238 g/mol. The van der Waals surface area contributed by atoms with E-state index in [0.29, 0.717) is 5.41 Å². The smallest absolute Gasteiger partial charge is 0.0659 e. The molecule has 0 saturated carbocycles. The highest BCUT2D eigenvalue weighted by molar-refractivity contribution is 5.15. The molecule has 2 heterocycles. The Bertz CT molecular complexity index is 298. The summed E-state index contributed by atoms with van der Waals surface area (Å²) in [6.07, 6.45) is 4.57. The van der Waals surface area contributed by atoms with Gasteiger partial charge in [0.1, 0.15) is 0 Å². The van der Waals surface area contributed by atoms with Gasteiger partial charge < -0.3 is 10.5 Å². The van der Waals surface area contributed by atoms with E-state index in [0.717, 1.165) is 39.3 Å². The Morgan fingerprint density at radius 3 is 2.71 bits per heavy atom. The molecular weight excluding hydrogens is 212 g/mol. The first-order valence-corrected chi connectivity index (χ1v) is 6.68. The van der Waals surface area contributed by atoms with Gasteiger partial charge in [0.2, 0.25) is 0 Å². The van der Waals surface area contributed by atoms with E-state index in [-0.39, 0.29) is 5.54 Å². The van der Waals surface area contributed by atoms with Crippen LogP contribution in [-0.4, -0.2) is 43.3 Å². The molecule has 1 unspecified atom stereocenters. The Morgan fingerprint density at radius 2 is 2.24 bits per heavy atom. The molecule has 3 heteroatoms. The molecule has 0 radical (unpaired) electrons. The lowest BCUT2D eigenvalue weighted by atomic mass is 9.82. The molecule has 0 spiro atoms. The molecule has 0 aromatic carbocycles. The summed E-state index contributed by atoms with van der Waals surface area (Å²) in [4.78, 5) is 2.46. The maximum Gasteiger partial charge on any atom is 0.0659 e. The minimum Gasteiger partial charge on any atom is -0.379 e. The van der Waals surface area contributed by atoms with Crippen LogP contribution in [0.25, 0.3) is 0 Å². The number of hydrogen-bond donors (Lipinski definition) is 1. The number of nitrogens with two attached hydrogens (primary N) is 1. The molecule has 1 atom stereocenters. The van der Waals surface area contributed by atoms with Gasteiger partial charge in [-0.1, -0.05) is 32.4 Å². The van der Waals surface area contributed by atoms with Crippen LogP contribution in [0.5, 0.6) is 0 Å². The summed E-state index contributed by atoms with van der Waals surface area (Å²) in [5, 5.41) is 0. The van der Waals surface area contributed by atoms with Crippen molar-refractivity contribution in [2.45, 2.75) is 39.2 Å². The van der Waals surface area contributed by atoms with Gasteiger partial charge >= 0.3 is 0 Å². The van der Waals surface area contributed by atoms with Crippen LogP contribution >= 0.6 is 0 Å². The van der Waals surface area contributed by atoms with Crippen molar-refractivity contribution in [3.05, 3.63) is 11.6 Å². The van der Waals surface area contributed by atoms with Crippen LogP contribution in [0.4, 0.5) is 0 Å². The largest absolute Gasteiger partial charge is 0.379 e. The van der Waals surface area contributed by atoms with Crippen LogP contribution in [0.3, 0.4) is 0 Å². The van der Waals surface area contributed by atoms with Gasteiger partial charge in [0.05, 0.1) is 12.1 Å². The Balaban J connectivity index is 1.89. The summed E-state index contributed by atoms with van der Waals surface area (Å²) in [6, 6.07) is 0. The van der Waals surface area contributed by atoms with E-state index in [2.05, 4.69) is 31.7 Å². The Labute approximate surface area is 105 Å². The van der Waals surface area contributed by atoms with Gasteiger partial charge in [0.25, 0.3) is 0 Å². The van der Waals surface area contributed by atoms with Gasteiger partial charge in [0.15, 0.2) is 0 Å². The minimum atomic E-state index is -0.104. The molecule has 3 nitrogen and oxygen atoms in total. The van der Waals surface area contributed by atoms with E-state index in [1.54, 1.807) is 5.57 Å². The fraction of sp³-hybridized carbons (Fsp3) is 0.857. The van der Waals surface area contributed by atoms with Crippen molar-refractivity contribution in [2.75, 3.05) is 32.8 Å². The maximum atomic E-state index is 6.32. The second-order valence-electron chi connectivity index (χ2n) is 6.63. The highest BCUT2D eigenvalue weighted by Crippen LogP contribution is 2.30. The highest BCUT2D eigenvalue weighted by atomic mass is 16.5. The molecule has 0 aromatic rings. The molecule has 2 aliphatic rings. The first kappa shape index (κ1) is 13.1. The Kier molecular flexibility index (Phi) is 3.62. The average molecular weight is 238 g/mol. The van der Waals surface area contributed by atoms with Crippen LogP contribution in [0.2, 0.25) is 0 Å². The molecule has 2 aliphatic heterocycles. The zero-order chi connectivity index (χ0) is 12.5. The molecule has 1 saturated heterocycles. The molecule has 98 valence electrons. The maximum absolute atomic E-state index is 6.32. The van der Waals surface area contributed by atoms with E-state index in [1.807, 2.05) is 0 Å². The summed E-state index contributed by atoms with van der Waals surface area (Å²) >= 11 is 0. The quantitative estimate of drug-likeness (QED) is 0.745. The van der Waals surface area contributed by atoms with Gasteiger partial charge in [-0.2, -0.15) is 0 Å². The molecule has 17 heavy (non-hydrogen) atoms. The molecule has 0 amide bonds. The summed E-state index contributed by atoms with van der Waals surface area (Å²) in [5.41, 5.74) is 8.13. The number of nitrogens with zero attached hydrogens (tertiary/aromatic N) is 1. The van der Waals surface area contributed by atoms with Crippen molar-refractivity contribution < 1.29 is 4.74 Å². The third kappa shape index (κ3) is 3.30. The Morgan fingerprint density at radius 1 is 1.47 bits per heavy atom. The van der Waals surface area contributed by atoms with E-state index in [9.17, 15) is 0 Å². The van der Waals surface area contributed by atoms with Crippen molar-refractivity contribution in [3.63, 3.8) is 0 Å². The normalized spacial score (nSPS) is 31.6. The minimum absolute atomic E-state index is 0.104. The average Bonchev–Trinajstić information content (AvgIpc) is 2.64. The zero-order valence-corrected chi connectivity index (χ0v) is 11.5. The van der Waals surface area contributed by atoms with Gasteiger partial charge in [-0.25, -0.2) is 0 Å². The number of hydrogen-bond acceptors (Lipinski definition) is 3. The Hall–Kier alpha value is -0.380. The third-order valence-corrected chi connectivity index (χ3v) is 3.93. The molecule has 0 aliphatic carbocycles. The first-order chi connectivity index (χ1) is 7.89. The predicted octanol–water partition coefficient (Wildman–Crippen LogP) is 1.78. The summed E-state index contributed by atoms with van der Waals surface area (Å²) in [7, 11) is 0. The molecule has 2 rings (SSSR count). The summed E-state index contributed by atoms with van der Waals surface area (Å²) < 4.78 is 5.41. The summed E-state index contributed by atoms with van der Waals surface area (Å²) in [5.74, 6) is 0. The fourth-order valence-electron chi connectivity index (χ4n) is 2.73. The second kappa shape index (κ2) is 4.71. The van der Waals surface area contributed by atoms with Gasteiger partial charge in [0, 0.05) is 26.2 Å². The van der Waals surface area contributed by atoms with E-state index in [4.69, 9.17) is 10.5 Å². The van der Waals surface area contributed by atoms with Gasteiger partial charge in [-0.3, -0.25) is 4.90 Å². The predicted molar refractivity (Wildman–Crippen MR) is 70.9 cm³/mol. The molecule has 0 aromatic heterocycles. The van der Waals surface area contributed by atoms with E-state index in [1.165, 1.54) is 6.42 Å². The van der Waals surface area contributed by atoms with Crippen LogP contribution < -0.4 is 5.73 Å². The van der Waals surface area contributed by atoms with Crippen molar-refractivity contribution >= 4 is 0 Å². The molecule has 0 bridgehead atoms. The van der Waals surface area contributed by atoms with Gasteiger partial charge in [-0.15, -0.1) is 0 Å². The van der Waals surface area contributed by atoms with Crippen LogP contribution in [-0.2, 0) is 4.74 Å². The molecule has 2 N–H and O–H groups in total.